The molecule has 14 heavy (non-hydrogen) atoms. The van der Waals surface area contributed by atoms with E-state index in [-0.39, 0.29) is 5.56 Å². The molecule has 0 amide bonds. The number of carbonyl (C=O) groups is 1. The summed E-state index contributed by atoms with van der Waals surface area (Å²) in [6, 6.07) is 4.90. The van der Waals surface area contributed by atoms with Gasteiger partial charge in [-0.15, -0.1) is 11.3 Å². The second kappa shape index (κ2) is 3.20. The molecule has 0 aliphatic heterocycles. The highest BCUT2D eigenvalue weighted by atomic mass is 32.1. The molecule has 0 aliphatic carbocycles. The fraction of sp³-hybridized carbons (Fsp3) is 0. The number of carbonyl (C=O) groups excluding carboxylic acids is 1. The van der Waals surface area contributed by atoms with Crippen molar-refractivity contribution in [3.05, 3.63) is 34.5 Å². The van der Waals surface area contributed by atoms with Crippen molar-refractivity contribution in [3.63, 3.8) is 0 Å². The lowest BCUT2D eigenvalue weighted by molar-refractivity contribution is 0.112. The molecule has 0 atom stereocenters. The summed E-state index contributed by atoms with van der Waals surface area (Å²) in [6.45, 7) is 0. The van der Waals surface area contributed by atoms with E-state index in [1.807, 2.05) is 6.07 Å². The van der Waals surface area contributed by atoms with E-state index in [9.17, 15) is 9.18 Å². The van der Waals surface area contributed by atoms with E-state index < -0.39 is 5.82 Å². The smallest absolute Gasteiger partial charge is 0.150 e. The van der Waals surface area contributed by atoms with Crippen molar-refractivity contribution in [2.75, 3.05) is 0 Å². The standard InChI is InChI=1S/C10H4FNOS/c11-8-5-14-9-2-6(3-12)1-7(4-13)10(8)9/h1-2,4-5H. The highest BCUT2D eigenvalue weighted by Crippen LogP contribution is 2.28. The topological polar surface area (TPSA) is 40.9 Å². The van der Waals surface area contributed by atoms with Gasteiger partial charge in [0.2, 0.25) is 0 Å². The van der Waals surface area contributed by atoms with Gasteiger partial charge in [-0.2, -0.15) is 5.26 Å². The van der Waals surface area contributed by atoms with Crippen molar-refractivity contribution < 1.29 is 9.18 Å². The fourth-order valence-corrected chi connectivity index (χ4v) is 2.19. The van der Waals surface area contributed by atoms with Crippen molar-refractivity contribution in [1.82, 2.24) is 0 Å². The molecular weight excluding hydrogens is 201 g/mol. The van der Waals surface area contributed by atoms with Gasteiger partial charge in [-0.25, -0.2) is 4.39 Å². The van der Waals surface area contributed by atoms with E-state index in [0.717, 1.165) is 0 Å². The summed E-state index contributed by atoms with van der Waals surface area (Å²) in [5, 5.41) is 10.3. The quantitative estimate of drug-likeness (QED) is 0.671. The molecule has 0 saturated carbocycles. The molecule has 68 valence electrons. The number of thiophene rings is 1. The monoisotopic (exact) mass is 205 g/mol. The number of hydrogen-bond donors (Lipinski definition) is 0. The Kier molecular flexibility index (Phi) is 2.02. The fourth-order valence-electron chi connectivity index (χ4n) is 1.32. The van der Waals surface area contributed by atoms with E-state index in [4.69, 9.17) is 5.26 Å². The molecule has 0 bridgehead atoms. The third kappa shape index (κ3) is 1.19. The van der Waals surface area contributed by atoms with Crippen LogP contribution in [0.5, 0.6) is 0 Å². The normalized spacial score (nSPS) is 10.0. The zero-order chi connectivity index (χ0) is 10.1. The lowest BCUT2D eigenvalue weighted by atomic mass is 10.1. The minimum atomic E-state index is -0.406. The summed E-state index contributed by atoms with van der Waals surface area (Å²) >= 11 is 1.19. The summed E-state index contributed by atoms with van der Waals surface area (Å²) in [4.78, 5) is 10.7. The van der Waals surface area contributed by atoms with Crippen LogP contribution in [0.4, 0.5) is 4.39 Å². The predicted molar refractivity (Wildman–Crippen MR) is 51.9 cm³/mol. The molecule has 0 radical (unpaired) electrons. The predicted octanol–water partition coefficient (Wildman–Crippen LogP) is 2.72. The number of benzene rings is 1. The summed E-state index contributed by atoms with van der Waals surface area (Å²) < 4.78 is 13.8. The zero-order valence-electron chi connectivity index (χ0n) is 6.95. The van der Waals surface area contributed by atoms with Gasteiger partial charge in [0.25, 0.3) is 0 Å². The first-order valence-corrected chi connectivity index (χ1v) is 4.70. The van der Waals surface area contributed by atoms with Crippen LogP contribution in [0.25, 0.3) is 10.1 Å². The summed E-state index contributed by atoms with van der Waals surface area (Å²) in [5.74, 6) is -0.406. The first-order valence-electron chi connectivity index (χ1n) is 3.82. The Balaban J connectivity index is 2.91. The van der Waals surface area contributed by atoms with Gasteiger partial charge in [-0.1, -0.05) is 0 Å². The lowest BCUT2D eigenvalue weighted by Gasteiger charge is -1.95. The van der Waals surface area contributed by atoms with E-state index >= 15 is 0 Å². The maximum absolute atomic E-state index is 13.2. The van der Waals surface area contributed by atoms with Crippen LogP contribution in [0.3, 0.4) is 0 Å². The molecule has 0 unspecified atom stereocenters. The summed E-state index contributed by atoms with van der Waals surface area (Å²) in [6.07, 6.45) is 0.568. The first-order chi connectivity index (χ1) is 6.76. The van der Waals surface area contributed by atoms with Crippen LogP contribution >= 0.6 is 11.3 Å². The Morgan fingerprint density at radius 2 is 2.29 bits per heavy atom. The van der Waals surface area contributed by atoms with E-state index in [0.29, 0.717) is 21.9 Å². The molecule has 1 aromatic carbocycles. The Hall–Kier alpha value is -1.73. The van der Waals surface area contributed by atoms with Gasteiger partial charge in [-0.3, -0.25) is 4.79 Å². The second-order valence-corrected chi connectivity index (χ2v) is 3.66. The molecule has 4 heteroatoms. The van der Waals surface area contributed by atoms with Crippen LogP contribution in [0.15, 0.2) is 17.5 Å². The molecule has 1 heterocycles. The number of rotatable bonds is 1. The third-order valence-electron chi connectivity index (χ3n) is 1.92. The van der Waals surface area contributed by atoms with Crippen LogP contribution < -0.4 is 0 Å². The molecule has 0 spiro atoms. The minimum absolute atomic E-state index is 0.234. The Morgan fingerprint density at radius 3 is 2.93 bits per heavy atom. The Morgan fingerprint density at radius 1 is 1.50 bits per heavy atom. The van der Waals surface area contributed by atoms with Crippen molar-refractivity contribution in [1.29, 1.82) is 5.26 Å². The number of nitriles is 1. The van der Waals surface area contributed by atoms with Gasteiger partial charge >= 0.3 is 0 Å². The van der Waals surface area contributed by atoms with Gasteiger partial charge in [0, 0.05) is 21.0 Å². The number of nitrogens with zero attached hydrogens (tertiary/aromatic N) is 1. The highest BCUT2D eigenvalue weighted by Gasteiger charge is 2.09. The molecule has 0 saturated heterocycles. The number of halogens is 1. The molecule has 2 aromatic rings. The second-order valence-electron chi connectivity index (χ2n) is 2.75. The van der Waals surface area contributed by atoms with Crippen LogP contribution in [-0.4, -0.2) is 6.29 Å². The van der Waals surface area contributed by atoms with Crippen molar-refractivity contribution in [2.45, 2.75) is 0 Å². The van der Waals surface area contributed by atoms with Crippen LogP contribution in [0.2, 0.25) is 0 Å². The molecular formula is C10H4FNOS. The summed E-state index contributed by atoms with van der Waals surface area (Å²) in [7, 11) is 0. The van der Waals surface area contributed by atoms with Crippen molar-refractivity contribution in [3.8, 4) is 6.07 Å². The first kappa shape index (κ1) is 8.85. The molecule has 2 nitrogen and oxygen atoms in total. The Labute approximate surface area is 83.2 Å². The number of hydrogen-bond acceptors (Lipinski definition) is 3. The van der Waals surface area contributed by atoms with Gasteiger partial charge in [-0.05, 0) is 12.1 Å². The number of aldehydes is 1. The van der Waals surface area contributed by atoms with E-state index in [1.54, 1.807) is 6.07 Å². The largest absolute Gasteiger partial charge is 0.298 e. The minimum Gasteiger partial charge on any atom is -0.298 e. The maximum Gasteiger partial charge on any atom is 0.150 e. The molecule has 2 rings (SSSR count). The van der Waals surface area contributed by atoms with Crippen LogP contribution in [-0.2, 0) is 0 Å². The Bertz CT molecular complexity index is 553. The molecule has 0 fully saturated rings. The van der Waals surface area contributed by atoms with Crippen molar-refractivity contribution >= 4 is 27.7 Å². The third-order valence-corrected chi connectivity index (χ3v) is 2.82. The molecule has 0 N–H and O–H groups in total. The van der Waals surface area contributed by atoms with Crippen LogP contribution in [0.1, 0.15) is 15.9 Å². The average molecular weight is 205 g/mol. The SMILES string of the molecule is N#Cc1cc(C=O)c2c(F)csc2c1. The van der Waals surface area contributed by atoms with E-state index in [2.05, 4.69) is 0 Å². The average Bonchev–Trinajstić information content (AvgIpc) is 2.59. The number of fused-ring (bicyclic) bond motifs is 1. The zero-order valence-corrected chi connectivity index (χ0v) is 7.77. The van der Waals surface area contributed by atoms with Crippen LogP contribution in [0, 0.1) is 17.1 Å². The van der Waals surface area contributed by atoms with E-state index in [1.165, 1.54) is 22.8 Å². The van der Waals surface area contributed by atoms with Crippen molar-refractivity contribution in [2.24, 2.45) is 0 Å². The lowest BCUT2D eigenvalue weighted by Crippen LogP contribution is -1.85. The highest BCUT2D eigenvalue weighted by molar-refractivity contribution is 7.17. The molecule has 1 aromatic heterocycles. The van der Waals surface area contributed by atoms with Gasteiger partial charge in [0.05, 0.1) is 11.6 Å². The van der Waals surface area contributed by atoms with Gasteiger partial charge in [0.15, 0.2) is 6.29 Å². The summed E-state index contributed by atoms with van der Waals surface area (Å²) in [5.41, 5.74) is 0.610. The molecule has 0 aliphatic rings. The van der Waals surface area contributed by atoms with Gasteiger partial charge in [0.1, 0.15) is 5.82 Å². The maximum atomic E-state index is 13.2. The van der Waals surface area contributed by atoms with Gasteiger partial charge < -0.3 is 0 Å².